The second-order valence-corrected chi connectivity index (χ2v) is 7.14. The number of nitrogens with two attached hydrogens (primary N) is 1. The molecule has 24 heavy (non-hydrogen) atoms. The van der Waals surface area contributed by atoms with Gasteiger partial charge in [0.25, 0.3) is 5.91 Å². The number of nitrogens with one attached hydrogen (secondary N) is 2. The Kier molecular flexibility index (Phi) is 5.17. The zero-order valence-corrected chi connectivity index (χ0v) is 14.7. The van der Waals surface area contributed by atoms with Gasteiger partial charge in [-0.25, -0.2) is 9.97 Å². The molecule has 0 aliphatic carbocycles. The minimum absolute atomic E-state index is 0.305. The molecule has 0 fully saturated rings. The third-order valence-corrected chi connectivity index (χ3v) is 5.34. The molecule has 8 heteroatoms. The topological polar surface area (TPSA) is 96.7 Å². The molecule has 0 saturated carbocycles. The molecule has 0 spiro atoms. The van der Waals surface area contributed by atoms with Crippen molar-refractivity contribution in [2.24, 2.45) is 5.73 Å². The predicted octanol–water partition coefficient (Wildman–Crippen LogP) is 3.16. The number of imidazole rings is 1. The van der Waals surface area contributed by atoms with E-state index >= 15 is 0 Å². The summed E-state index contributed by atoms with van der Waals surface area (Å²) in [5.74, 6) is 0.621. The number of aromatic nitrogens is 3. The first-order chi connectivity index (χ1) is 11.6. The van der Waals surface area contributed by atoms with Gasteiger partial charge in [0.1, 0.15) is 4.34 Å². The molecule has 0 saturated heterocycles. The van der Waals surface area contributed by atoms with Crippen molar-refractivity contribution in [3.63, 3.8) is 0 Å². The molecule has 3 aromatic rings. The Morgan fingerprint density at radius 3 is 3.00 bits per heavy atom. The van der Waals surface area contributed by atoms with Crippen LogP contribution in [0, 0.1) is 0 Å². The first-order valence-electron chi connectivity index (χ1n) is 7.43. The van der Waals surface area contributed by atoms with Crippen LogP contribution in [0.15, 0.2) is 45.8 Å². The van der Waals surface area contributed by atoms with Gasteiger partial charge in [-0.2, -0.15) is 0 Å². The number of thiazole rings is 1. The van der Waals surface area contributed by atoms with E-state index in [9.17, 15) is 4.79 Å². The summed E-state index contributed by atoms with van der Waals surface area (Å²) < 4.78 is 0.959. The number of nitrogens with zero attached hydrogens (tertiary/aromatic N) is 2. The van der Waals surface area contributed by atoms with Gasteiger partial charge in [0, 0.05) is 22.9 Å². The summed E-state index contributed by atoms with van der Waals surface area (Å²) in [5, 5.41) is 4.73. The number of aromatic amines is 1. The first kappa shape index (κ1) is 16.5. The number of anilines is 1. The van der Waals surface area contributed by atoms with Gasteiger partial charge in [0.05, 0.1) is 16.7 Å². The average Bonchev–Trinajstić information content (AvgIpc) is 3.18. The lowest BCUT2D eigenvalue weighted by Gasteiger charge is -2.00. The zero-order chi connectivity index (χ0) is 16.9. The third kappa shape index (κ3) is 4.15. The minimum Gasteiger partial charge on any atom is -0.401 e. The van der Waals surface area contributed by atoms with Crippen LogP contribution in [0.5, 0.6) is 0 Å². The van der Waals surface area contributed by atoms with E-state index in [1.807, 2.05) is 29.6 Å². The Labute approximate surface area is 147 Å². The predicted molar refractivity (Wildman–Crippen MR) is 99.2 cm³/mol. The fourth-order valence-corrected chi connectivity index (χ4v) is 3.81. The summed E-state index contributed by atoms with van der Waals surface area (Å²) >= 11 is 3.12. The van der Waals surface area contributed by atoms with Crippen LogP contribution < -0.4 is 11.1 Å². The van der Waals surface area contributed by atoms with Crippen molar-refractivity contribution < 1.29 is 4.79 Å². The number of carbonyl (C=O) groups is 1. The number of hydrogen-bond acceptors (Lipinski definition) is 6. The molecule has 124 valence electrons. The van der Waals surface area contributed by atoms with Crippen LogP contribution in [0.3, 0.4) is 0 Å². The van der Waals surface area contributed by atoms with Gasteiger partial charge in [0.2, 0.25) is 5.95 Å². The van der Waals surface area contributed by atoms with E-state index in [0.717, 1.165) is 27.5 Å². The first-order valence-corrected chi connectivity index (χ1v) is 9.29. The number of benzene rings is 1. The summed E-state index contributed by atoms with van der Waals surface area (Å²) in [6.07, 6.45) is 2.30. The van der Waals surface area contributed by atoms with Crippen molar-refractivity contribution in [2.75, 3.05) is 11.1 Å². The maximum atomic E-state index is 12.0. The van der Waals surface area contributed by atoms with Gasteiger partial charge in [-0.15, -0.1) is 11.3 Å². The summed E-state index contributed by atoms with van der Waals surface area (Å²) in [6.45, 7) is 2.07. The monoisotopic (exact) mass is 359 g/mol. The van der Waals surface area contributed by atoms with Crippen molar-refractivity contribution in [1.29, 1.82) is 0 Å². The number of H-pyrrole nitrogens is 1. The van der Waals surface area contributed by atoms with Crippen LogP contribution in [-0.4, -0.2) is 26.6 Å². The highest BCUT2D eigenvalue weighted by Crippen LogP contribution is 2.23. The highest BCUT2D eigenvalue weighted by Gasteiger charge is 2.07. The second-order valence-electron chi connectivity index (χ2n) is 5.06. The van der Waals surface area contributed by atoms with Crippen molar-refractivity contribution in [1.82, 2.24) is 15.0 Å². The SMILES string of the molecule is CCc1csc(SC/C(N)=C/C(=O)Nc2nc3ccccc3[nH]2)n1. The van der Waals surface area contributed by atoms with Crippen LogP contribution in [-0.2, 0) is 11.2 Å². The maximum absolute atomic E-state index is 12.0. The van der Waals surface area contributed by atoms with Gasteiger partial charge in [-0.1, -0.05) is 30.8 Å². The number of amides is 1. The van der Waals surface area contributed by atoms with E-state index in [4.69, 9.17) is 5.73 Å². The zero-order valence-electron chi connectivity index (χ0n) is 13.1. The van der Waals surface area contributed by atoms with Crippen LogP contribution in [0.2, 0.25) is 0 Å². The lowest BCUT2D eigenvalue weighted by molar-refractivity contribution is -0.112. The molecular weight excluding hydrogens is 342 g/mol. The summed E-state index contributed by atoms with van der Waals surface area (Å²) in [7, 11) is 0. The van der Waals surface area contributed by atoms with Gasteiger partial charge >= 0.3 is 0 Å². The van der Waals surface area contributed by atoms with Gasteiger partial charge in [-0.3, -0.25) is 10.1 Å². The van der Waals surface area contributed by atoms with Crippen LogP contribution in [0.1, 0.15) is 12.6 Å². The smallest absolute Gasteiger partial charge is 0.252 e. The fourth-order valence-electron chi connectivity index (χ4n) is 2.04. The van der Waals surface area contributed by atoms with Crippen molar-refractivity contribution in [3.8, 4) is 0 Å². The number of rotatable bonds is 6. The van der Waals surface area contributed by atoms with Crippen molar-refractivity contribution >= 4 is 46.0 Å². The molecule has 0 aliphatic heterocycles. The molecule has 2 heterocycles. The van der Waals surface area contributed by atoms with Gasteiger partial charge in [0.15, 0.2) is 0 Å². The molecule has 0 aliphatic rings. The molecular formula is C16H17N5OS2. The maximum Gasteiger partial charge on any atom is 0.252 e. The third-order valence-electron chi connectivity index (χ3n) is 3.20. The fraction of sp³-hybridized carbons (Fsp3) is 0.188. The molecule has 0 atom stereocenters. The van der Waals surface area contributed by atoms with Crippen LogP contribution in [0.25, 0.3) is 11.0 Å². The molecule has 0 bridgehead atoms. The normalized spacial score (nSPS) is 11.8. The number of thioether (sulfide) groups is 1. The summed E-state index contributed by atoms with van der Waals surface area (Å²) in [5.41, 5.74) is 9.15. The standard InChI is InChI=1S/C16H17N5OS2/c1-2-11-9-24-16(18-11)23-8-10(17)7-14(22)21-15-19-12-5-3-4-6-13(12)20-15/h3-7,9H,2,8,17H2,1H3,(H2,19,20,21,22)/b10-7-. The lowest BCUT2D eigenvalue weighted by atomic mass is 10.3. The minimum atomic E-state index is -0.305. The Hall–Kier alpha value is -2.32. The Bertz CT molecular complexity index is 850. The van der Waals surface area contributed by atoms with E-state index in [0.29, 0.717) is 17.4 Å². The average molecular weight is 359 g/mol. The van der Waals surface area contributed by atoms with E-state index in [-0.39, 0.29) is 5.91 Å². The highest BCUT2D eigenvalue weighted by molar-refractivity contribution is 8.01. The van der Waals surface area contributed by atoms with Crippen LogP contribution in [0.4, 0.5) is 5.95 Å². The molecule has 1 aromatic carbocycles. The quantitative estimate of drug-likeness (QED) is 0.464. The van der Waals surface area contributed by atoms with E-state index in [1.165, 1.54) is 17.8 Å². The second kappa shape index (κ2) is 7.50. The molecule has 0 radical (unpaired) electrons. The number of fused-ring (bicyclic) bond motifs is 1. The number of hydrogen-bond donors (Lipinski definition) is 3. The summed E-state index contributed by atoms with van der Waals surface area (Å²) in [4.78, 5) is 23.8. The van der Waals surface area contributed by atoms with Crippen molar-refractivity contribution in [3.05, 3.63) is 47.1 Å². The molecule has 2 aromatic heterocycles. The van der Waals surface area contributed by atoms with E-state index in [2.05, 4.69) is 27.2 Å². The molecule has 1 amide bonds. The van der Waals surface area contributed by atoms with Gasteiger partial charge < -0.3 is 10.7 Å². The van der Waals surface area contributed by atoms with Crippen molar-refractivity contribution in [2.45, 2.75) is 17.7 Å². The van der Waals surface area contributed by atoms with Gasteiger partial charge in [-0.05, 0) is 18.6 Å². The highest BCUT2D eigenvalue weighted by atomic mass is 32.2. The summed E-state index contributed by atoms with van der Waals surface area (Å²) in [6, 6.07) is 7.58. The molecule has 4 N–H and O–H groups in total. The molecule has 6 nitrogen and oxygen atoms in total. The van der Waals surface area contributed by atoms with Crippen LogP contribution >= 0.6 is 23.1 Å². The lowest BCUT2D eigenvalue weighted by Crippen LogP contribution is -2.13. The largest absolute Gasteiger partial charge is 0.401 e. The Morgan fingerprint density at radius 2 is 2.25 bits per heavy atom. The number of para-hydroxylation sites is 2. The molecule has 0 unspecified atom stereocenters. The van der Waals surface area contributed by atoms with E-state index in [1.54, 1.807) is 11.3 Å². The Morgan fingerprint density at radius 1 is 1.42 bits per heavy atom. The number of carbonyl (C=O) groups excluding carboxylic acids is 1. The van der Waals surface area contributed by atoms with E-state index < -0.39 is 0 Å². The molecule has 3 rings (SSSR count). The number of aryl methyl sites for hydroxylation is 1. The Balaban J connectivity index is 1.56.